The summed E-state index contributed by atoms with van der Waals surface area (Å²) in [7, 11) is 0. The van der Waals surface area contributed by atoms with Crippen molar-refractivity contribution in [2.45, 2.75) is 6.42 Å². The Bertz CT molecular complexity index is 1170. The second-order valence-corrected chi connectivity index (χ2v) is 7.70. The molecule has 0 aliphatic carbocycles. The Balaban J connectivity index is 1.43. The van der Waals surface area contributed by atoms with Gasteiger partial charge >= 0.3 is 5.97 Å². The molecule has 0 radical (unpaired) electrons. The van der Waals surface area contributed by atoms with Crippen LogP contribution in [0.15, 0.2) is 48.5 Å². The van der Waals surface area contributed by atoms with Crippen LogP contribution in [-0.2, 0) is 19.1 Å². The van der Waals surface area contributed by atoms with Crippen molar-refractivity contribution in [1.82, 2.24) is 21.3 Å². The van der Waals surface area contributed by atoms with Gasteiger partial charge in [0.2, 0.25) is 5.91 Å². The van der Waals surface area contributed by atoms with Crippen molar-refractivity contribution >= 4 is 46.9 Å². The van der Waals surface area contributed by atoms with Crippen molar-refractivity contribution in [3.8, 4) is 0 Å². The van der Waals surface area contributed by atoms with Crippen LogP contribution in [0.3, 0.4) is 0 Å². The number of benzene rings is 2. The van der Waals surface area contributed by atoms with E-state index < -0.39 is 47.0 Å². The van der Waals surface area contributed by atoms with Gasteiger partial charge in [0, 0.05) is 34.7 Å². The quantitative estimate of drug-likeness (QED) is 0.281. The highest BCUT2D eigenvalue weighted by molar-refractivity contribution is 6.30. The number of rotatable bonds is 7. The number of halogens is 1. The number of nitrogens with zero attached hydrogens (tertiary/aromatic N) is 2. The number of hydrogen-bond donors (Lipinski definition) is 3. The first-order valence-corrected chi connectivity index (χ1v) is 10.4. The molecule has 1 aliphatic heterocycles. The largest absolute Gasteiger partial charge is 0.455 e. The average molecular weight is 504 g/mol. The molecule has 4 amide bonds. The molecule has 2 aromatic rings. The summed E-state index contributed by atoms with van der Waals surface area (Å²) in [5.41, 5.74) is 6.69. The molecule has 2 aromatic carbocycles. The standard InChI is InChI=1S/C21H18ClN5O8/c22-15-5-1-12(2-6-15)19(30)24-23-17(28)11-35-21(32)14-9-18(29)26(10-14)25-20(31)13-3-7-16(8-4-13)27(33)34/h1-8,14H,9-11H2,(H,23,28)(H,24,30)(H,25,31)/t14-/m1/s1. The van der Waals surface area contributed by atoms with Gasteiger partial charge in [-0.2, -0.15) is 0 Å². The maximum absolute atomic E-state index is 12.3. The van der Waals surface area contributed by atoms with Gasteiger partial charge in [-0.15, -0.1) is 0 Å². The van der Waals surface area contributed by atoms with Crippen molar-refractivity contribution in [1.29, 1.82) is 0 Å². The number of esters is 1. The Kier molecular flexibility index (Phi) is 7.94. The molecule has 3 rings (SSSR count). The average Bonchev–Trinajstić information content (AvgIpc) is 3.21. The molecule has 35 heavy (non-hydrogen) atoms. The molecular formula is C21H18ClN5O8. The van der Waals surface area contributed by atoms with Gasteiger partial charge in [-0.05, 0) is 36.4 Å². The highest BCUT2D eigenvalue weighted by Gasteiger charge is 2.36. The monoisotopic (exact) mass is 503 g/mol. The number of carbonyl (C=O) groups is 5. The summed E-state index contributed by atoms with van der Waals surface area (Å²) in [6.07, 6.45) is -0.256. The molecule has 0 saturated carbocycles. The molecule has 3 N–H and O–H groups in total. The van der Waals surface area contributed by atoms with Gasteiger partial charge in [0.1, 0.15) is 0 Å². The van der Waals surface area contributed by atoms with Crippen LogP contribution in [0.4, 0.5) is 5.69 Å². The second kappa shape index (κ2) is 11.1. The lowest BCUT2D eigenvalue weighted by Gasteiger charge is -2.17. The highest BCUT2D eigenvalue weighted by atomic mass is 35.5. The van der Waals surface area contributed by atoms with E-state index in [2.05, 4.69) is 16.3 Å². The third kappa shape index (κ3) is 6.74. The second-order valence-electron chi connectivity index (χ2n) is 7.27. The minimum Gasteiger partial charge on any atom is -0.455 e. The van der Waals surface area contributed by atoms with Crippen molar-refractivity contribution in [2.24, 2.45) is 5.92 Å². The number of carbonyl (C=O) groups excluding carboxylic acids is 5. The number of amides is 4. The van der Waals surface area contributed by atoms with Gasteiger partial charge in [-0.3, -0.25) is 55.4 Å². The maximum Gasteiger partial charge on any atom is 0.311 e. The molecule has 13 nitrogen and oxygen atoms in total. The van der Waals surface area contributed by atoms with Crippen LogP contribution in [0.25, 0.3) is 0 Å². The fourth-order valence-corrected chi connectivity index (χ4v) is 3.11. The number of hydrogen-bond acceptors (Lipinski definition) is 8. The third-order valence-electron chi connectivity index (χ3n) is 4.80. The van der Waals surface area contributed by atoms with E-state index in [-0.39, 0.29) is 29.8 Å². The van der Waals surface area contributed by atoms with Crippen LogP contribution in [0.1, 0.15) is 27.1 Å². The summed E-state index contributed by atoms with van der Waals surface area (Å²) < 4.78 is 4.89. The SMILES string of the molecule is O=C(COC(=O)[C@@H]1CC(=O)N(NC(=O)c2ccc([N+](=O)[O-])cc2)C1)NNC(=O)c1ccc(Cl)cc1. The minimum absolute atomic E-state index is 0.0757. The zero-order valence-corrected chi connectivity index (χ0v) is 18.6. The fraction of sp³-hybridized carbons (Fsp3) is 0.190. The smallest absolute Gasteiger partial charge is 0.311 e. The number of ether oxygens (including phenoxy) is 1. The number of nitro groups is 1. The molecule has 14 heteroatoms. The molecule has 0 unspecified atom stereocenters. The first kappa shape index (κ1) is 25.1. The lowest BCUT2D eigenvalue weighted by molar-refractivity contribution is -0.384. The molecule has 1 fully saturated rings. The van der Waals surface area contributed by atoms with E-state index in [9.17, 15) is 34.1 Å². The van der Waals surface area contributed by atoms with Gasteiger partial charge in [0.25, 0.3) is 23.4 Å². The van der Waals surface area contributed by atoms with Gasteiger partial charge in [0.05, 0.1) is 17.4 Å². The Hall–Kier alpha value is -4.52. The Morgan fingerprint density at radius 1 is 1.00 bits per heavy atom. The van der Waals surface area contributed by atoms with Gasteiger partial charge in [-0.25, -0.2) is 0 Å². The Morgan fingerprint density at radius 2 is 1.60 bits per heavy atom. The Labute approximate surface area is 202 Å². The van der Waals surface area contributed by atoms with Crippen LogP contribution in [0.5, 0.6) is 0 Å². The van der Waals surface area contributed by atoms with E-state index >= 15 is 0 Å². The molecule has 0 aromatic heterocycles. The molecular weight excluding hydrogens is 486 g/mol. The molecule has 1 atom stereocenters. The van der Waals surface area contributed by atoms with E-state index in [1.165, 1.54) is 36.4 Å². The summed E-state index contributed by atoms with van der Waals surface area (Å²) >= 11 is 5.74. The first-order chi connectivity index (χ1) is 16.6. The lowest BCUT2D eigenvalue weighted by Crippen LogP contribution is -2.44. The van der Waals surface area contributed by atoms with Crippen LogP contribution >= 0.6 is 11.6 Å². The predicted octanol–water partition coefficient (Wildman–Crippen LogP) is 0.746. The van der Waals surface area contributed by atoms with E-state index in [1.807, 2.05) is 0 Å². The van der Waals surface area contributed by atoms with E-state index in [0.717, 1.165) is 17.1 Å². The molecule has 0 spiro atoms. The molecule has 0 bridgehead atoms. The van der Waals surface area contributed by atoms with E-state index in [1.54, 1.807) is 0 Å². The van der Waals surface area contributed by atoms with Gasteiger partial charge < -0.3 is 4.74 Å². The predicted molar refractivity (Wildman–Crippen MR) is 118 cm³/mol. The Morgan fingerprint density at radius 3 is 2.23 bits per heavy atom. The minimum atomic E-state index is -0.934. The normalized spacial score (nSPS) is 14.7. The molecule has 182 valence electrons. The summed E-state index contributed by atoms with van der Waals surface area (Å²) in [6.45, 7) is -0.898. The lowest BCUT2D eigenvalue weighted by atomic mass is 10.1. The summed E-state index contributed by atoms with van der Waals surface area (Å²) in [4.78, 5) is 70.5. The number of non-ortho nitro benzene ring substituents is 1. The van der Waals surface area contributed by atoms with Crippen molar-refractivity contribution in [3.63, 3.8) is 0 Å². The number of nitro benzene ring substituents is 1. The van der Waals surface area contributed by atoms with Crippen LogP contribution < -0.4 is 16.3 Å². The van der Waals surface area contributed by atoms with Gasteiger partial charge in [0.15, 0.2) is 6.61 Å². The van der Waals surface area contributed by atoms with E-state index in [0.29, 0.717) is 5.02 Å². The molecule has 1 saturated heterocycles. The third-order valence-corrected chi connectivity index (χ3v) is 5.05. The van der Waals surface area contributed by atoms with Gasteiger partial charge in [-0.1, -0.05) is 11.6 Å². The highest BCUT2D eigenvalue weighted by Crippen LogP contribution is 2.18. The first-order valence-electron chi connectivity index (χ1n) is 10.0. The summed E-state index contributed by atoms with van der Waals surface area (Å²) in [6, 6.07) is 10.6. The number of hydrazine groups is 2. The van der Waals surface area contributed by atoms with Crippen LogP contribution in [0, 0.1) is 16.0 Å². The summed E-state index contributed by atoms with van der Waals surface area (Å²) in [5.74, 6) is -4.45. The number of nitrogens with one attached hydrogen (secondary N) is 3. The van der Waals surface area contributed by atoms with Crippen LogP contribution in [-0.4, -0.2) is 52.7 Å². The van der Waals surface area contributed by atoms with Crippen LogP contribution in [0.2, 0.25) is 5.02 Å². The molecule has 1 aliphatic rings. The summed E-state index contributed by atoms with van der Waals surface area (Å²) in [5, 5.41) is 12.1. The zero-order chi connectivity index (χ0) is 25.5. The van der Waals surface area contributed by atoms with Crippen molar-refractivity contribution in [2.75, 3.05) is 13.2 Å². The van der Waals surface area contributed by atoms with Crippen molar-refractivity contribution in [3.05, 3.63) is 74.8 Å². The fourth-order valence-electron chi connectivity index (χ4n) is 2.99. The molecule has 1 heterocycles. The topological polar surface area (TPSA) is 177 Å². The van der Waals surface area contributed by atoms with E-state index in [4.69, 9.17) is 16.3 Å². The zero-order valence-electron chi connectivity index (χ0n) is 17.9. The van der Waals surface area contributed by atoms with Crippen molar-refractivity contribution < 1.29 is 33.6 Å². The maximum atomic E-state index is 12.3.